The average molecular weight is 367 g/mol. The van der Waals surface area contributed by atoms with E-state index in [1.165, 1.54) is 30.1 Å². The molecule has 0 amide bonds. The van der Waals surface area contributed by atoms with Crippen LogP contribution in [0.4, 0.5) is 14.6 Å². The van der Waals surface area contributed by atoms with Gasteiger partial charge in [-0.25, -0.2) is 19.7 Å². The van der Waals surface area contributed by atoms with Gasteiger partial charge in [-0.1, -0.05) is 0 Å². The molecule has 0 aliphatic heterocycles. The van der Waals surface area contributed by atoms with Gasteiger partial charge in [0.25, 0.3) is 0 Å². The molecule has 0 saturated carbocycles. The van der Waals surface area contributed by atoms with Gasteiger partial charge in [0.1, 0.15) is 27.7 Å². The van der Waals surface area contributed by atoms with Crippen molar-refractivity contribution in [2.24, 2.45) is 0 Å². The van der Waals surface area contributed by atoms with Crippen molar-refractivity contribution >= 4 is 33.3 Å². The number of ether oxygens (including phenoxy) is 1. The molecule has 3 aromatic heterocycles. The van der Waals surface area contributed by atoms with Crippen LogP contribution in [-0.2, 0) is 11.3 Å². The van der Waals surface area contributed by atoms with E-state index >= 15 is 0 Å². The van der Waals surface area contributed by atoms with Gasteiger partial charge in [-0.2, -0.15) is 8.78 Å². The Morgan fingerprint density at radius 2 is 2.20 bits per heavy atom. The van der Waals surface area contributed by atoms with Crippen molar-refractivity contribution in [2.45, 2.75) is 26.9 Å². The van der Waals surface area contributed by atoms with Gasteiger partial charge < -0.3 is 10.1 Å². The van der Waals surface area contributed by atoms with E-state index in [9.17, 15) is 13.6 Å². The zero-order valence-electron chi connectivity index (χ0n) is 13.5. The first-order valence-electron chi connectivity index (χ1n) is 7.47. The number of esters is 1. The van der Waals surface area contributed by atoms with Crippen LogP contribution in [0.15, 0.2) is 18.7 Å². The molecule has 0 aliphatic rings. The summed E-state index contributed by atoms with van der Waals surface area (Å²) in [6, 6.07) is 0. The molecule has 132 valence electrons. The molecule has 3 aromatic rings. The standard InChI is InChI=1S/C15H15F2N5O2S/c1-3-24-14(23)11-8(2)10-12(20-7-21-13(10)25-11)19-6-9-18-4-5-22(9)15(16)17/h4-5,7,15H,3,6H2,1-2H3,(H,19,20,21). The number of carbonyl (C=O) groups is 1. The van der Waals surface area contributed by atoms with Crippen molar-refractivity contribution in [3.63, 3.8) is 0 Å². The maximum Gasteiger partial charge on any atom is 0.348 e. The van der Waals surface area contributed by atoms with Crippen molar-refractivity contribution in [2.75, 3.05) is 11.9 Å². The highest BCUT2D eigenvalue weighted by molar-refractivity contribution is 7.20. The number of anilines is 1. The van der Waals surface area contributed by atoms with Crippen LogP contribution in [0.3, 0.4) is 0 Å². The lowest BCUT2D eigenvalue weighted by atomic mass is 10.2. The van der Waals surface area contributed by atoms with Crippen molar-refractivity contribution in [1.82, 2.24) is 19.5 Å². The van der Waals surface area contributed by atoms with Gasteiger partial charge in [-0.3, -0.25) is 4.57 Å². The number of rotatable bonds is 6. The van der Waals surface area contributed by atoms with Gasteiger partial charge in [0.2, 0.25) is 0 Å². The minimum atomic E-state index is -2.66. The highest BCUT2D eigenvalue weighted by Gasteiger charge is 2.20. The molecule has 0 aromatic carbocycles. The van der Waals surface area contributed by atoms with E-state index in [0.717, 1.165) is 4.57 Å². The molecule has 3 heterocycles. The molecule has 3 rings (SSSR count). The van der Waals surface area contributed by atoms with Crippen molar-refractivity contribution in [3.8, 4) is 0 Å². The van der Waals surface area contributed by atoms with Crippen LogP contribution in [0.1, 0.15) is 34.5 Å². The molecular formula is C15H15F2N5O2S. The second kappa shape index (κ2) is 7.09. The number of aromatic nitrogens is 4. The fraction of sp³-hybridized carbons (Fsp3) is 0.333. The maximum absolute atomic E-state index is 12.9. The van der Waals surface area contributed by atoms with E-state index in [0.29, 0.717) is 26.5 Å². The third kappa shape index (κ3) is 3.29. The van der Waals surface area contributed by atoms with Gasteiger partial charge in [0.05, 0.1) is 18.5 Å². The van der Waals surface area contributed by atoms with E-state index in [1.807, 2.05) is 0 Å². The van der Waals surface area contributed by atoms with Crippen LogP contribution in [-0.4, -0.2) is 32.1 Å². The quantitative estimate of drug-likeness (QED) is 0.673. The number of fused-ring (bicyclic) bond motifs is 1. The van der Waals surface area contributed by atoms with Gasteiger partial charge in [0.15, 0.2) is 0 Å². The second-order valence-electron chi connectivity index (χ2n) is 5.06. The zero-order chi connectivity index (χ0) is 18.0. The smallest absolute Gasteiger partial charge is 0.348 e. The number of halogens is 2. The number of thiophene rings is 1. The maximum atomic E-state index is 12.9. The van der Waals surface area contributed by atoms with Crippen LogP contribution in [0, 0.1) is 6.92 Å². The minimum absolute atomic E-state index is 0.0630. The molecule has 10 heteroatoms. The molecular weight excluding hydrogens is 352 g/mol. The summed E-state index contributed by atoms with van der Waals surface area (Å²) < 4.78 is 31.6. The monoisotopic (exact) mass is 367 g/mol. The molecule has 0 fully saturated rings. The van der Waals surface area contributed by atoms with E-state index in [2.05, 4.69) is 20.3 Å². The topological polar surface area (TPSA) is 81.9 Å². The van der Waals surface area contributed by atoms with Crippen LogP contribution < -0.4 is 5.32 Å². The first-order chi connectivity index (χ1) is 12.0. The first kappa shape index (κ1) is 17.2. The fourth-order valence-corrected chi connectivity index (χ4v) is 3.46. The summed E-state index contributed by atoms with van der Waals surface area (Å²) in [5.74, 6) is 0.223. The van der Waals surface area contributed by atoms with E-state index in [1.54, 1.807) is 13.8 Å². The highest BCUT2D eigenvalue weighted by Crippen LogP contribution is 2.33. The number of nitrogens with zero attached hydrogens (tertiary/aromatic N) is 4. The molecule has 0 spiro atoms. The van der Waals surface area contributed by atoms with Crippen LogP contribution >= 0.6 is 11.3 Å². The van der Waals surface area contributed by atoms with Gasteiger partial charge in [-0.05, 0) is 19.4 Å². The zero-order valence-corrected chi connectivity index (χ0v) is 14.3. The Balaban J connectivity index is 1.91. The Kier molecular flexibility index (Phi) is 4.88. The summed E-state index contributed by atoms with van der Waals surface area (Å²) in [5, 5.41) is 3.67. The molecule has 0 atom stereocenters. The normalized spacial score (nSPS) is 11.2. The molecule has 0 radical (unpaired) electrons. The number of hydrogen-bond acceptors (Lipinski definition) is 7. The molecule has 1 N–H and O–H groups in total. The lowest BCUT2D eigenvalue weighted by molar-refractivity contribution is 0.0531. The SMILES string of the molecule is CCOC(=O)c1sc2ncnc(NCc3nccn3C(F)F)c2c1C. The third-order valence-corrected chi connectivity index (χ3v) is 4.74. The molecule has 0 aliphatic carbocycles. The Labute approximate surface area is 145 Å². The van der Waals surface area contributed by atoms with Gasteiger partial charge in [-0.15, -0.1) is 11.3 Å². The summed E-state index contributed by atoms with van der Waals surface area (Å²) in [7, 11) is 0. The Bertz CT molecular complexity index is 909. The molecule has 0 bridgehead atoms. The summed E-state index contributed by atoms with van der Waals surface area (Å²) in [4.78, 5) is 25.4. The van der Waals surface area contributed by atoms with Crippen LogP contribution in [0.2, 0.25) is 0 Å². The number of hydrogen-bond donors (Lipinski definition) is 1. The van der Waals surface area contributed by atoms with Crippen molar-refractivity contribution in [1.29, 1.82) is 0 Å². The number of aryl methyl sites for hydroxylation is 1. The molecule has 0 unspecified atom stereocenters. The van der Waals surface area contributed by atoms with E-state index < -0.39 is 12.5 Å². The summed E-state index contributed by atoms with van der Waals surface area (Å²) >= 11 is 1.21. The Hall–Kier alpha value is -2.62. The minimum Gasteiger partial charge on any atom is -0.462 e. The van der Waals surface area contributed by atoms with E-state index in [4.69, 9.17) is 4.74 Å². The fourth-order valence-electron chi connectivity index (χ4n) is 2.42. The Morgan fingerprint density at radius 1 is 1.40 bits per heavy atom. The van der Waals surface area contributed by atoms with Crippen LogP contribution in [0.25, 0.3) is 10.2 Å². The summed E-state index contributed by atoms with van der Waals surface area (Å²) in [6.45, 7) is 1.19. The first-order valence-corrected chi connectivity index (χ1v) is 8.29. The van der Waals surface area contributed by atoms with Gasteiger partial charge >= 0.3 is 12.5 Å². The number of imidazole rings is 1. The number of nitrogens with one attached hydrogen (secondary N) is 1. The van der Waals surface area contributed by atoms with Crippen molar-refractivity contribution in [3.05, 3.63) is 35.0 Å². The molecule has 0 saturated heterocycles. The summed E-state index contributed by atoms with van der Waals surface area (Å²) in [5.41, 5.74) is 0.693. The predicted molar refractivity (Wildman–Crippen MR) is 88.9 cm³/mol. The predicted octanol–water partition coefficient (Wildman–Crippen LogP) is 3.38. The largest absolute Gasteiger partial charge is 0.462 e. The lowest BCUT2D eigenvalue weighted by Crippen LogP contribution is -2.10. The average Bonchev–Trinajstić information content (AvgIpc) is 3.18. The molecule has 7 nitrogen and oxygen atoms in total. The Morgan fingerprint density at radius 3 is 2.92 bits per heavy atom. The number of carbonyl (C=O) groups excluding carboxylic acids is 1. The number of alkyl halides is 2. The van der Waals surface area contributed by atoms with Crippen molar-refractivity contribution < 1.29 is 18.3 Å². The van der Waals surface area contributed by atoms with E-state index in [-0.39, 0.29) is 19.0 Å². The summed E-state index contributed by atoms with van der Waals surface area (Å²) in [6.07, 6.45) is 3.88. The third-order valence-electron chi connectivity index (χ3n) is 3.56. The second-order valence-corrected chi connectivity index (χ2v) is 6.06. The highest BCUT2D eigenvalue weighted by atomic mass is 32.1. The van der Waals surface area contributed by atoms with Gasteiger partial charge in [0, 0.05) is 12.4 Å². The molecule has 25 heavy (non-hydrogen) atoms. The lowest BCUT2D eigenvalue weighted by Gasteiger charge is -2.09. The van der Waals surface area contributed by atoms with Crippen LogP contribution in [0.5, 0.6) is 0 Å².